The summed E-state index contributed by atoms with van der Waals surface area (Å²) in [5.74, 6) is 0.766. The zero-order chi connectivity index (χ0) is 13.8. The van der Waals surface area contributed by atoms with E-state index in [1.54, 1.807) is 7.11 Å². The fraction of sp³-hybridized carbons (Fsp3) is 0.571. The second-order valence-electron chi connectivity index (χ2n) is 4.60. The van der Waals surface area contributed by atoms with Crippen molar-refractivity contribution in [2.24, 2.45) is 0 Å². The number of methoxy groups -OCH3 is 3. The fourth-order valence-electron chi connectivity index (χ4n) is 2.60. The minimum Gasteiger partial charge on any atom is -0.493 e. The van der Waals surface area contributed by atoms with Crippen LogP contribution in [0.15, 0.2) is 6.07 Å². The van der Waals surface area contributed by atoms with E-state index in [1.165, 1.54) is 20.3 Å². The first-order chi connectivity index (χ1) is 9.21. The summed E-state index contributed by atoms with van der Waals surface area (Å²) in [4.78, 5) is 0. The molecule has 1 fully saturated rings. The lowest BCUT2D eigenvalue weighted by molar-refractivity contribution is 0.331. The van der Waals surface area contributed by atoms with Gasteiger partial charge < -0.3 is 19.5 Å². The van der Waals surface area contributed by atoms with E-state index in [-0.39, 0.29) is 5.75 Å². The fourth-order valence-corrected chi connectivity index (χ4v) is 2.60. The van der Waals surface area contributed by atoms with Gasteiger partial charge in [0.05, 0.1) is 21.3 Å². The molecule has 1 aromatic carbocycles. The van der Waals surface area contributed by atoms with Crippen molar-refractivity contribution >= 4 is 0 Å². The summed E-state index contributed by atoms with van der Waals surface area (Å²) in [6.45, 7) is 1.00. The lowest BCUT2D eigenvalue weighted by atomic mass is 10.0. The van der Waals surface area contributed by atoms with Crippen LogP contribution < -0.4 is 19.5 Å². The maximum absolute atomic E-state index is 14.0. The van der Waals surface area contributed by atoms with E-state index >= 15 is 0 Å². The number of rotatable bonds is 5. The first-order valence-electron chi connectivity index (χ1n) is 6.42. The summed E-state index contributed by atoms with van der Waals surface area (Å²) in [5, 5.41) is 3.39. The molecule has 1 aliphatic rings. The van der Waals surface area contributed by atoms with Gasteiger partial charge >= 0.3 is 0 Å². The number of hydrogen-bond acceptors (Lipinski definition) is 4. The maximum atomic E-state index is 14.0. The second-order valence-corrected chi connectivity index (χ2v) is 4.60. The summed E-state index contributed by atoms with van der Waals surface area (Å²) >= 11 is 0. The summed E-state index contributed by atoms with van der Waals surface area (Å²) in [7, 11) is 4.53. The molecule has 1 heterocycles. The van der Waals surface area contributed by atoms with Crippen molar-refractivity contribution in [1.29, 1.82) is 0 Å². The molecule has 1 aromatic rings. The molecule has 0 aromatic heterocycles. The Bertz CT molecular complexity index is 445. The Balaban J connectivity index is 2.43. The minimum absolute atomic E-state index is 0.242. The zero-order valence-electron chi connectivity index (χ0n) is 11.6. The van der Waals surface area contributed by atoms with Gasteiger partial charge in [0.25, 0.3) is 0 Å². The molecule has 19 heavy (non-hydrogen) atoms. The van der Waals surface area contributed by atoms with Crippen molar-refractivity contribution in [1.82, 2.24) is 5.32 Å². The van der Waals surface area contributed by atoms with E-state index in [1.807, 2.05) is 0 Å². The molecule has 4 nitrogen and oxygen atoms in total. The van der Waals surface area contributed by atoms with Crippen molar-refractivity contribution in [3.63, 3.8) is 0 Å². The molecule has 1 unspecified atom stereocenters. The topological polar surface area (TPSA) is 39.7 Å². The Morgan fingerprint density at radius 2 is 1.95 bits per heavy atom. The highest BCUT2D eigenvalue weighted by Gasteiger charge is 2.24. The molecule has 1 N–H and O–H groups in total. The highest BCUT2D eigenvalue weighted by molar-refractivity contribution is 5.55. The molecule has 1 aliphatic heterocycles. The van der Waals surface area contributed by atoms with E-state index < -0.39 is 5.82 Å². The largest absolute Gasteiger partial charge is 0.493 e. The molecule has 2 rings (SSSR count). The lowest BCUT2D eigenvalue weighted by Crippen LogP contribution is -2.24. The predicted molar refractivity (Wildman–Crippen MR) is 70.8 cm³/mol. The van der Waals surface area contributed by atoms with Crippen LogP contribution in [0, 0.1) is 5.82 Å². The average Bonchev–Trinajstić information content (AvgIpc) is 2.91. The molecule has 0 saturated carbocycles. The van der Waals surface area contributed by atoms with Crippen molar-refractivity contribution in [3.8, 4) is 17.2 Å². The van der Waals surface area contributed by atoms with E-state index in [9.17, 15) is 4.39 Å². The van der Waals surface area contributed by atoms with Gasteiger partial charge in [-0.2, -0.15) is 0 Å². The van der Waals surface area contributed by atoms with Crippen molar-refractivity contribution < 1.29 is 18.6 Å². The first-order valence-corrected chi connectivity index (χ1v) is 6.42. The molecule has 0 radical (unpaired) electrons. The quantitative estimate of drug-likeness (QED) is 0.889. The van der Waals surface area contributed by atoms with Crippen LogP contribution in [0.5, 0.6) is 17.2 Å². The first kappa shape index (κ1) is 13.9. The monoisotopic (exact) mass is 269 g/mol. The third-order valence-electron chi connectivity index (χ3n) is 3.49. The van der Waals surface area contributed by atoms with Crippen LogP contribution in [0.2, 0.25) is 0 Å². The van der Waals surface area contributed by atoms with Crippen LogP contribution in [-0.2, 0) is 6.42 Å². The smallest absolute Gasteiger partial charge is 0.169 e. The minimum atomic E-state index is -0.423. The molecule has 1 atom stereocenters. The van der Waals surface area contributed by atoms with Gasteiger partial charge in [-0.05, 0) is 25.8 Å². The molecular weight excluding hydrogens is 249 g/mol. The van der Waals surface area contributed by atoms with E-state index in [0.29, 0.717) is 24.0 Å². The predicted octanol–water partition coefficient (Wildman–Crippen LogP) is 2.15. The lowest BCUT2D eigenvalue weighted by Gasteiger charge is -2.19. The number of nitrogens with one attached hydrogen (secondary N) is 1. The van der Waals surface area contributed by atoms with Crippen molar-refractivity contribution in [2.45, 2.75) is 25.3 Å². The Hall–Kier alpha value is -1.49. The highest BCUT2D eigenvalue weighted by atomic mass is 19.1. The van der Waals surface area contributed by atoms with Gasteiger partial charge in [0.1, 0.15) is 0 Å². The van der Waals surface area contributed by atoms with Gasteiger partial charge in [-0.15, -0.1) is 0 Å². The molecule has 0 spiro atoms. The Morgan fingerprint density at radius 3 is 2.47 bits per heavy atom. The molecule has 1 saturated heterocycles. The van der Waals surface area contributed by atoms with Crippen LogP contribution >= 0.6 is 0 Å². The van der Waals surface area contributed by atoms with Crippen LogP contribution in [-0.4, -0.2) is 33.9 Å². The Labute approximate surface area is 112 Å². The van der Waals surface area contributed by atoms with E-state index in [4.69, 9.17) is 14.2 Å². The third-order valence-corrected chi connectivity index (χ3v) is 3.49. The van der Waals surface area contributed by atoms with Gasteiger partial charge in [-0.25, -0.2) is 4.39 Å². The molecule has 5 heteroatoms. The summed E-state index contributed by atoms with van der Waals surface area (Å²) in [6.07, 6.45) is 2.88. The normalized spacial score (nSPS) is 18.4. The number of halogens is 1. The van der Waals surface area contributed by atoms with Crippen molar-refractivity contribution in [2.75, 3.05) is 27.9 Å². The van der Waals surface area contributed by atoms with Gasteiger partial charge in [-0.3, -0.25) is 0 Å². The van der Waals surface area contributed by atoms with Crippen molar-refractivity contribution in [3.05, 3.63) is 17.4 Å². The van der Waals surface area contributed by atoms with Crippen LogP contribution in [0.4, 0.5) is 4.39 Å². The van der Waals surface area contributed by atoms with Gasteiger partial charge in [-0.1, -0.05) is 0 Å². The van der Waals surface area contributed by atoms with Gasteiger partial charge in [0.2, 0.25) is 0 Å². The molecule has 0 bridgehead atoms. The van der Waals surface area contributed by atoms with E-state index in [0.717, 1.165) is 24.9 Å². The van der Waals surface area contributed by atoms with Crippen LogP contribution in [0.25, 0.3) is 0 Å². The highest BCUT2D eigenvalue weighted by Crippen LogP contribution is 2.40. The molecule has 0 aliphatic carbocycles. The second kappa shape index (κ2) is 6.10. The Kier molecular flexibility index (Phi) is 4.47. The SMILES string of the molecule is COc1cc(F)c(OC)c(CC2CCCN2)c1OC. The van der Waals surface area contributed by atoms with Gasteiger partial charge in [0, 0.05) is 17.7 Å². The van der Waals surface area contributed by atoms with Crippen LogP contribution in [0.3, 0.4) is 0 Å². The third kappa shape index (κ3) is 2.76. The number of hydrogen-bond donors (Lipinski definition) is 1. The summed E-state index contributed by atoms with van der Waals surface area (Å²) in [6, 6.07) is 1.62. The number of ether oxygens (including phenoxy) is 3. The molecule has 0 amide bonds. The molecular formula is C14H20FNO3. The Morgan fingerprint density at radius 1 is 1.21 bits per heavy atom. The zero-order valence-corrected chi connectivity index (χ0v) is 11.6. The average molecular weight is 269 g/mol. The number of benzene rings is 1. The standard InChI is InChI=1S/C14H20FNO3/c1-17-12-8-11(15)13(18-2)10(14(12)19-3)7-9-5-4-6-16-9/h8-9,16H,4-7H2,1-3H3. The summed E-state index contributed by atoms with van der Waals surface area (Å²) in [5.41, 5.74) is 0.723. The van der Waals surface area contributed by atoms with Gasteiger partial charge in [0.15, 0.2) is 23.1 Å². The molecule has 106 valence electrons. The summed E-state index contributed by atoms with van der Waals surface area (Å²) < 4.78 is 29.8. The van der Waals surface area contributed by atoms with E-state index in [2.05, 4.69) is 5.32 Å². The van der Waals surface area contributed by atoms with Crippen LogP contribution in [0.1, 0.15) is 18.4 Å². The maximum Gasteiger partial charge on any atom is 0.169 e.